The molecule has 4 nitrogen and oxygen atoms in total. The average molecular weight is 283 g/mol. The van der Waals surface area contributed by atoms with E-state index in [9.17, 15) is 4.79 Å². The van der Waals surface area contributed by atoms with E-state index >= 15 is 0 Å². The Bertz CT molecular complexity index is 662. The fourth-order valence-corrected chi connectivity index (χ4v) is 3.17. The number of rotatable bonds is 3. The van der Waals surface area contributed by atoms with Crippen molar-refractivity contribution >= 4 is 22.5 Å². The number of amides is 1. The summed E-state index contributed by atoms with van der Waals surface area (Å²) in [7, 11) is 1.85. The van der Waals surface area contributed by atoms with Crippen LogP contribution in [0.1, 0.15) is 36.2 Å². The first-order valence-corrected chi connectivity index (χ1v) is 7.56. The first-order chi connectivity index (χ1) is 10.1. The number of pyridine rings is 1. The van der Waals surface area contributed by atoms with E-state index in [1.807, 2.05) is 31.3 Å². The summed E-state index contributed by atoms with van der Waals surface area (Å²) in [6, 6.07) is 9.34. The maximum atomic E-state index is 12.5. The number of nitrogens with zero attached hydrogens (tertiary/aromatic N) is 2. The second-order valence-corrected chi connectivity index (χ2v) is 5.95. The topological polar surface area (TPSA) is 59.2 Å². The Morgan fingerprint density at radius 1 is 1.33 bits per heavy atom. The lowest BCUT2D eigenvalue weighted by molar-refractivity contribution is 0.0768. The zero-order valence-electron chi connectivity index (χ0n) is 12.4. The number of aromatic nitrogens is 1. The van der Waals surface area contributed by atoms with Crippen molar-refractivity contribution in [1.82, 2.24) is 9.88 Å². The molecule has 1 aromatic heterocycles. The first-order valence-electron chi connectivity index (χ1n) is 7.56. The standard InChI is InChI=1S/C17H21N3O/c1-20(11-12-6-2-3-7-12)17(21)16-10-14(18)13-8-4-5-9-15(13)19-16/h4-5,8-10,12H,2-3,6-7,11H2,1H3,(H2,18,19). The second-order valence-electron chi connectivity index (χ2n) is 5.95. The van der Waals surface area contributed by atoms with Crippen molar-refractivity contribution < 1.29 is 4.79 Å². The molecule has 0 spiro atoms. The largest absolute Gasteiger partial charge is 0.398 e. The average Bonchev–Trinajstić information content (AvgIpc) is 2.99. The molecule has 4 heteroatoms. The Labute approximate surface area is 125 Å². The lowest BCUT2D eigenvalue weighted by atomic mass is 10.1. The number of fused-ring (bicyclic) bond motifs is 1. The summed E-state index contributed by atoms with van der Waals surface area (Å²) in [5, 5.41) is 0.896. The predicted octanol–water partition coefficient (Wildman–Crippen LogP) is 3.08. The molecule has 2 aromatic rings. The van der Waals surface area contributed by atoms with Crippen molar-refractivity contribution in [1.29, 1.82) is 0 Å². The summed E-state index contributed by atoms with van der Waals surface area (Å²) in [4.78, 5) is 18.8. The molecule has 1 saturated carbocycles. The molecule has 0 unspecified atom stereocenters. The first kappa shape index (κ1) is 13.9. The Morgan fingerprint density at radius 2 is 2.05 bits per heavy atom. The molecule has 0 radical (unpaired) electrons. The van der Waals surface area contributed by atoms with E-state index in [-0.39, 0.29) is 5.91 Å². The predicted molar refractivity (Wildman–Crippen MR) is 85.1 cm³/mol. The third-order valence-corrected chi connectivity index (χ3v) is 4.32. The number of carbonyl (C=O) groups is 1. The molecule has 1 amide bonds. The van der Waals surface area contributed by atoms with Crippen LogP contribution in [0, 0.1) is 5.92 Å². The molecular weight excluding hydrogens is 262 g/mol. The third kappa shape index (κ3) is 2.84. The molecule has 110 valence electrons. The Hall–Kier alpha value is -2.10. The number of benzene rings is 1. The smallest absolute Gasteiger partial charge is 0.272 e. The van der Waals surface area contributed by atoms with E-state index in [1.165, 1.54) is 25.7 Å². The molecule has 0 bridgehead atoms. The molecule has 1 heterocycles. The highest BCUT2D eigenvalue weighted by Gasteiger charge is 2.21. The van der Waals surface area contributed by atoms with Gasteiger partial charge in [0.25, 0.3) is 5.91 Å². The molecule has 1 aliphatic carbocycles. The van der Waals surface area contributed by atoms with Crippen LogP contribution in [0.3, 0.4) is 0 Å². The zero-order valence-corrected chi connectivity index (χ0v) is 12.4. The Kier molecular flexibility index (Phi) is 3.78. The molecule has 0 aliphatic heterocycles. The van der Waals surface area contributed by atoms with Crippen LogP contribution in [0.25, 0.3) is 10.9 Å². The second kappa shape index (κ2) is 5.72. The minimum atomic E-state index is -0.0423. The van der Waals surface area contributed by atoms with Crippen molar-refractivity contribution in [3.05, 3.63) is 36.0 Å². The normalized spacial score (nSPS) is 15.5. The van der Waals surface area contributed by atoms with E-state index in [1.54, 1.807) is 11.0 Å². The van der Waals surface area contributed by atoms with Crippen LogP contribution >= 0.6 is 0 Å². The fraction of sp³-hybridized carbons (Fsp3) is 0.412. The molecule has 3 rings (SSSR count). The summed E-state index contributed by atoms with van der Waals surface area (Å²) in [6.07, 6.45) is 5.03. The van der Waals surface area contributed by atoms with Gasteiger partial charge in [0.1, 0.15) is 5.69 Å². The summed E-state index contributed by atoms with van der Waals surface area (Å²) in [5.74, 6) is 0.594. The number of anilines is 1. The van der Waals surface area contributed by atoms with E-state index in [0.29, 0.717) is 17.3 Å². The van der Waals surface area contributed by atoms with Gasteiger partial charge in [-0.25, -0.2) is 4.98 Å². The van der Waals surface area contributed by atoms with E-state index in [4.69, 9.17) is 5.73 Å². The van der Waals surface area contributed by atoms with Crippen molar-refractivity contribution in [2.75, 3.05) is 19.3 Å². The zero-order chi connectivity index (χ0) is 14.8. The quantitative estimate of drug-likeness (QED) is 0.941. The third-order valence-electron chi connectivity index (χ3n) is 4.32. The van der Waals surface area contributed by atoms with Gasteiger partial charge in [-0.3, -0.25) is 4.79 Å². The summed E-state index contributed by atoms with van der Waals surface area (Å²) >= 11 is 0. The molecule has 1 aromatic carbocycles. The maximum absolute atomic E-state index is 12.5. The van der Waals surface area contributed by atoms with Gasteiger partial charge in [0.05, 0.1) is 5.52 Å². The van der Waals surface area contributed by atoms with Gasteiger partial charge in [0, 0.05) is 24.7 Å². The highest BCUT2D eigenvalue weighted by atomic mass is 16.2. The number of hydrogen-bond donors (Lipinski definition) is 1. The van der Waals surface area contributed by atoms with Crippen LogP contribution < -0.4 is 5.73 Å². The molecule has 0 saturated heterocycles. The Morgan fingerprint density at radius 3 is 2.81 bits per heavy atom. The number of para-hydroxylation sites is 1. The van der Waals surface area contributed by atoms with Gasteiger partial charge in [-0.1, -0.05) is 31.0 Å². The highest BCUT2D eigenvalue weighted by Crippen LogP contribution is 2.26. The van der Waals surface area contributed by atoms with Gasteiger partial charge in [0.2, 0.25) is 0 Å². The lowest BCUT2D eigenvalue weighted by Gasteiger charge is -2.21. The van der Waals surface area contributed by atoms with Gasteiger partial charge in [-0.15, -0.1) is 0 Å². The van der Waals surface area contributed by atoms with Gasteiger partial charge >= 0.3 is 0 Å². The molecule has 2 N–H and O–H groups in total. The summed E-state index contributed by atoms with van der Waals surface area (Å²) in [6.45, 7) is 0.813. The van der Waals surface area contributed by atoms with Crippen LogP contribution in [0.4, 0.5) is 5.69 Å². The number of carbonyl (C=O) groups excluding carboxylic acids is 1. The van der Waals surface area contributed by atoms with Crippen molar-refractivity contribution in [2.45, 2.75) is 25.7 Å². The van der Waals surface area contributed by atoms with Crippen LogP contribution in [0.15, 0.2) is 30.3 Å². The molecule has 21 heavy (non-hydrogen) atoms. The SMILES string of the molecule is CN(CC1CCCC1)C(=O)c1cc(N)c2ccccc2n1. The van der Waals surface area contributed by atoms with Crippen LogP contribution in [-0.4, -0.2) is 29.4 Å². The molecule has 1 fully saturated rings. The number of hydrogen-bond acceptors (Lipinski definition) is 3. The van der Waals surface area contributed by atoms with E-state index in [2.05, 4.69) is 4.98 Å². The summed E-state index contributed by atoms with van der Waals surface area (Å²) < 4.78 is 0. The number of nitrogens with two attached hydrogens (primary N) is 1. The molecule has 0 atom stereocenters. The monoisotopic (exact) mass is 283 g/mol. The lowest BCUT2D eigenvalue weighted by Crippen LogP contribution is -2.31. The van der Waals surface area contributed by atoms with Gasteiger partial charge < -0.3 is 10.6 Å². The van der Waals surface area contributed by atoms with Crippen molar-refractivity contribution in [3.63, 3.8) is 0 Å². The van der Waals surface area contributed by atoms with E-state index < -0.39 is 0 Å². The maximum Gasteiger partial charge on any atom is 0.272 e. The Balaban J connectivity index is 1.83. The molecular formula is C17H21N3O. The van der Waals surface area contributed by atoms with E-state index in [0.717, 1.165) is 17.4 Å². The minimum absolute atomic E-state index is 0.0423. The molecule has 1 aliphatic rings. The summed E-state index contributed by atoms with van der Waals surface area (Å²) in [5.41, 5.74) is 7.87. The van der Waals surface area contributed by atoms with Crippen LogP contribution in [-0.2, 0) is 0 Å². The van der Waals surface area contributed by atoms with Crippen LogP contribution in [0.2, 0.25) is 0 Å². The van der Waals surface area contributed by atoms with Gasteiger partial charge in [-0.2, -0.15) is 0 Å². The van der Waals surface area contributed by atoms with Gasteiger partial charge in [0.15, 0.2) is 0 Å². The highest BCUT2D eigenvalue weighted by molar-refractivity contribution is 5.99. The van der Waals surface area contributed by atoms with Gasteiger partial charge in [-0.05, 0) is 30.9 Å². The van der Waals surface area contributed by atoms with Crippen LogP contribution in [0.5, 0.6) is 0 Å². The number of nitrogen functional groups attached to an aromatic ring is 1. The van der Waals surface area contributed by atoms with Crippen molar-refractivity contribution in [2.24, 2.45) is 5.92 Å². The minimum Gasteiger partial charge on any atom is -0.398 e. The fourth-order valence-electron chi connectivity index (χ4n) is 3.17. The van der Waals surface area contributed by atoms with Crippen molar-refractivity contribution in [3.8, 4) is 0 Å².